The minimum absolute atomic E-state index is 0.0208. The SMILES string of the molecule is Nc1nc(COCC(F)(F)F)nc(C2CC2)n1. The summed E-state index contributed by atoms with van der Waals surface area (Å²) in [5.41, 5.74) is 5.44. The van der Waals surface area contributed by atoms with Gasteiger partial charge in [-0.15, -0.1) is 0 Å². The zero-order valence-electron chi connectivity index (χ0n) is 8.87. The first-order valence-corrected chi connectivity index (χ1v) is 5.09. The second-order valence-corrected chi connectivity index (χ2v) is 3.85. The highest BCUT2D eigenvalue weighted by Gasteiger charge is 2.29. The van der Waals surface area contributed by atoms with E-state index in [9.17, 15) is 13.2 Å². The predicted octanol–water partition coefficient (Wildman–Crippen LogP) is 1.41. The summed E-state index contributed by atoms with van der Waals surface area (Å²) in [5, 5.41) is 0. The Bertz CT molecular complexity index is 406. The molecule has 5 nitrogen and oxygen atoms in total. The Morgan fingerprint density at radius 2 is 1.94 bits per heavy atom. The molecule has 2 rings (SSSR count). The maximum absolute atomic E-state index is 11.9. The molecule has 0 unspecified atom stereocenters. The number of hydrogen-bond acceptors (Lipinski definition) is 5. The minimum atomic E-state index is -4.35. The molecule has 0 radical (unpaired) electrons. The van der Waals surface area contributed by atoms with Crippen LogP contribution in [0.4, 0.5) is 19.1 Å². The van der Waals surface area contributed by atoms with Gasteiger partial charge in [0.25, 0.3) is 0 Å². The van der Waals surface area contributed by atoms with Gasteiger partial charge in [-0.1, -0.05) is 0 Å². The van der Waals surface area contributed by atoms with Crippen LogP contribution < -0.4 is 5.73 Å². The van der Waals surface area contributed by atoms with E-state index >= 15 is 0 Å². The van der Waals surface area contributed by atoms with E-state index in [1.165, 1.54) is 0 Å². The summed E-state index contributed by atoms with van der Waals surface area (Å²) in [6, 6.07) is 0. The highest BCUT2D eigenvalue weighted by Crippen LogP contribution is 2.38. The summed E-state index contributed by atoms with van der Waals surface area (Å²) in [5.74, 6) is 0.973. The van der Waals surface area contributed by atoms with Gasteiger partial charge in [0.2, 0.25) is 5.95 Å². The van der Waals surface area contributed by atoms with Gasteiger partial charge in [0, 0.05) is 5.92 Å². The highest BCUT2D eigenvalue weighted by atomic mass is 19.4. The molecule has 1 fully saturated rings. The van der Waals surface area contributed by atoms with Crippen molar-refractivity contribution in [3.05, 3.63) is 11.6 Å². The fourth-order valence-electron chi connectivity index (χ4n) is 1.30. The number of ether oxygens (including phenoxy) is 1. The van der Waals surface area contributed by atoms with Crippen LogP contribution in [0, 0.1) is 0 Å². The Morgan fingerprint density at radius 3 is 2.53 bits per heavy atom. The van der Waals surface area contributed by atoms with Gasteiger partial charge in [-0.2, -0.15) is 23.1 Å². The molecule has 2 N–H and O–H groups in total. The van der Waals surface area contributed by atoms with Gasteiger partial charge in [0.05, 0.1) is 0 Å². The summed E-state index contributed by atoms with van der Waals surface area (Å²) >= 11 is 0. The van der Waals surface area contributed by atoms with Crippen LogP contribution in [0.15, 0.2) is 0 Å². The van der Waals surface area contributed by atoms with Gasteiger partial charge in [-0.25, -0.2) is 4.98 Å². The molecule has 1 aliphatic carbocycles. The lowest BCUT2D eigenvalue weighted by atomic mass is 10.4. The van der Waals surface area contributed by atoms with Gasteiger partial charge in [0.1, 0.15) is 19.0 Å². The second-order valence-electron chi connectivity index (χ2n) is 3.85. The molecule has 94 valence electrons. The van der Waals surface area contributed by atoms with Crippen LogP contribution in [0.1, 0.15) is 30.4 Å². The molecule has 1 heterocycles. The first kappa shape index (κ1) is 12.0. The quantitative estimate of drug-likeness (QED) is 0.872. The zero-order chi connectivity index (χ0) is 12.5. The number of anilines is 1. The molecule has 1 saturated carbocycles. The summed E-state index contributed by atoms with van der Waals surface area (Å²) in [6.45, 7) is -1.64. The molecule has 17 heavy (non-hydrogen) atoms. The molecule has 8 heteroatoms. The van der Waals surface area contributed by atoms with Crippen molar-refractivity contribution >= 4 is 5.95 Å². The van der Waals surface area contributed by atoms with Crippen LogP contribution in [-0.4, -0.2) is 27.7 Å². The number of aromatic nitrogens is 3. The average molecular weight is 248 g/mol. The standard InChI is InChI=1S/C9H11F3N4O/c10-9(11,12)4-17-3-6-14-7(5-1-2-5)16-8(13)15-6/h5H,1-4H2,(H2,13,14,15,16). The third-order valence-electron chi connectivity index (χ3n) is 2.16. The molecule has 0 spiro atoms. The normalized spacial score (nSPS) is 16.2. The molecule has 0 aliphatic heterocycles. The lowest BCUT2D eigenvalue weighted by Crippen LogP contribution is -2.18. The molecule has 1 aromatic rings. The first-order valence-electron chi connectivity index (χ1n) is 5.09. The van der Waals surface area contributed by atoms with Crippen LogP contribution >= 0.6 is 0 Å². The second kappa shape index (κ2) is 4.44. The first-order chi connectivity index (χ1) is 7.94. The fourth-order valence-corrected chi connectivity index (χ4v) is 1.30. The minimum Gasteiger partial charge on any atom is -0.368 e. The van der Waals surface area contributed by atoms with Crippen molar-refractivity contribution in [1.29, 1.82) is 0 Å². The van der Waals surface area contributed by atoms with E-state index in [0.29, 0.717) is 5.82 Å². The molecule has 0 bridgehead atoms. The summed E-state index contributed by atoms with van der Waals surface area (Å²) in [6.07, 6.45) is -2.39. The smallest absolute Gasteiger partial charge is 0.368 e. The van der Waals surface area contributed by atoms with Gasteiger partial charge in [-0.05, 0) is 12.8 Å². The predicted molar refractivity (Wildman–Crippen MR) is 51.9 cm³/mol. The zero-order valence-corrected chi connectivity index (χ0v) is 8.87. The third kappa shape index (κ3) is 3.81. The van der Waals surface area contributed by atoms with Gasteiger partial charge in [-0.3, -0.25) is 0 Å². The number of halogens is 3. The molecular weight excluding hydrogens is 237 g/mol. The molecule has 0 amide bonds. The fraction of sp³-hybridized carbons (Fsp3) is 0.667. The molecular formula is C9H11F3N4O. The number of nitrogen functional groups attached to an aromatic ring is 1. The maximum atomic E-state index is 11.9. The topological polar surface area (TPSA) is 73.9 Å². The van der Waals surface area contributed by atoms with Gasteiger partial charge in [0.15, 0.2) is 5.82 Å². The van der Waals surface area contributed by atoms with Crippen LogP contribution in [-0.2, 0) is 11.3 Å². The third-order valence-corrected chi connectivity index (χ3v) is 2.16. The number of hydrogen-bond donors (Lipinski definition) is 1. The van der Waals surface area contributed by atoms with E-state index in [1.807, 2.05) is 0 Å². The van der Waals surface area contributed by atoms with E-state index in [4.69, 9.17) is 5.73 Å². The Labute approximate surface area is 95.2 Å². The van der Waals surface area contributed by atoms with Crippen molar-refractivity contribution in [2.45, 2.75) is 31.5 Å². The van der Waals surface area contributed by atoms with Crippen molar-refractivity contribution in [3.8, 4) is 0 Å². The van der Waals surface area contributed by atoms with Crippen LogP contribution in [0.2, 0.25) is 0 Å². The largest absolute Gasteiger partial charge is 0.411 e. The molecule has 1 aliphatic rings. The summed E-state index contributed by atoms with van der Waals surface area (Å²) in [4.78, 5) is 11.7. The van der Waals surface area contributed by atoms with E-state index in [0.717, 1.165) is 12.8 Å². The maximum Gasteiger partial charge on any atom is 0.411 e. The van der Waals surface area contributed by atoms with Crippen molar-refractivity contribution < 1.29 is 17.9 Å². The van der Waals surface area contributed by atoms with Crippen molar-refractivity contribution in [1.82, 2.24) is 15.0 Å². The van der Waals surface area contributed by atoms with Crippen molar-refractivity contribution in [2.75, 3.05) is 12.3 Å². The Balaban J connectivity index is 1.95. The van der Waals surface area contributed by atoms with Crippen molar-refractivity contribution in [3.63, 3.8) is 0 Å². The number of alkyl halides is 3. The van der Waals surface area contributed by atoms with E-state index < -0.39 is 12.8 Å². The molecule has 0 aromatic carbocycles. The number of nitrogens with two attached hydrogens (primary N) is 1. The van der Waals surface area contributed by atoms with Crippen LogP contribution in [0.25, 0.3) is 0 Å². The molecule has 1 aromatic heterocycles. The lowest BCUT2D eigenvalue weighted by molar-refractivity contribution is -0.177. The van der Waals surface area contributed by atoms with E-state index in [2.05, 4.69) is 19.7 Å². The summed E-state index contributed by atoms with van der Waals surface area (Å²) in [7, 11) is 0. The monoisotopic (exact) mass is 248 g/mol. The number of nitrogens with zero attached hydrogens (tertiary/aromatic N) is 3. The van der Waals surface area contributed by atoms with Crippen LogP contribution in [0.3, 0.4) is 0 Å². The summed E-state index contributed by atoms with van der Waals surface area (Å²) < 4.78 is 40.0. The van der Waals surface area contributed by atoms with Crippen molar-refractivity contribution in [2.24, 2.45) is 0 Å². The van der Waals surface area contributed by atoms with Gasteiger partial charge >= 0.3 is 6.18 Å². The number of rotatable bonds is 4. The Kier molecular flexibility index (Phi) is 3.14. The Morgan fingerprint density at radius 1 is 1.24 bits per heavy atom. The van der Waals surface area contributed by atoms with E-state index in [-0.39, 0.29) is 24.3 Å². The van der Waals surface area contributed by atoms with Crippen LogP contribution in [0.5, 0.6) is 0 Å². The van der Waals surface area contributed by atoms with E-state index in [1.54, 1.807) is 0 Å². The average Bonchev–Trinajstić information content (AvgIpc) is 2.97. The highest BCUT2D eigenvalue weighted by molar-refractivity contribution is 5.19. The lowest BCUT2D eigenvalue weighted by Gasteiger charge is -2.07. The molecule has 0 atom stereocenters. The van der Waals surface area contributed by atoms with Gasteiger partial charge < -0.3 is 10.5 Å². The Hall–Kier alpha value is -1.44. The molecule has 0 saturated heterocycles.